The Bertz CT molecular complexity index is 1690. The third kappa shape index (κ3) is 3.02. The first kappa shape index (κ1) is 22.6. The van der Waals surface area contributed by atoms with E-state index in [0.29, 0.717) is 12.2 Å². The van der Waals surface area contributed by atoms with Crippen LogP contribution in [0.3, 0.4) is 0 Å². The molecule has 4 aromatic rings. The number of benzene rings is 2. The van der Waals surface area contributed by atoms with Crippen LogP contribution in [-0.2, 0) is 11.8 Å². The number of allylic oxidation sites excluding steroid dienone is 3. The molecule has 0 spiro atoms. The second-order valence-electron chi connectivity index (χ2n) is 11.3. The molecule has 0 unspecified atom stereocenters. The molecule has 6 rings (SSSR count). The molecule has 1 aliphatic carbocycles. The lowest BCUT2D eigenvalue weighted by molar-refractivity contribution is -0.660. The topological polar surface area (TPSA) is 50.0 Å². The summed E-state index contributed by atoms with van der Waals surface area (Å²) in [5, 5.41) is 12.3. The molecule has 0 N–H and O–H groups in total. The molecular weight excluding hydrogens is 444 g/mol. The number of aromatic nitrogens is 1. The summed E-state index contributed by atoms with van der Waals surface area (Å²) in [4.78, 5) is 0. The lowest BCUT2D eigenvalue weighted by atomic mass is 9.77. The Morgan fingerprint density at radius 2 is 1.67 bits per heavy atom. The minimum atomic E-state index is -0.365. The van der Waals surface area contributed by atoms with Gasteiger partial charge in [-0.25, -0.2) is 4.57 Å². The van der Waals surface area contributed by atoms with E-state index in [2.05, 4.69) is 88.8 Å². The van der Waals surface area contributed by atoms with Crippen molar-refractivity contribution in [2.24, 2.45) is 17.9 Å². The number of nitrogens with zero attached hydrogens (tertiary/aromatic N) is 2. The molecule has 0 fully saturated rings. The van der Waals surface area contributed by atoms with Gasteiger partial charge in [-0.3, -0.25) is 0 Å². The Kier molecular flexibility index (Phi) is 4.76. The van der Waals surface area contributed by atoms with E-state index in [4.69, 9.17) is 9.15 Å². The molecule has 0 bridgehead atoms. The fourth-order valence-corrected chi connectivity index (χ4v) is 6.00. The zero-order valence-electron chi connectivity index (χ0n) is 21.8. The van der Waals surface area contributed by atoms with Gasteiger partial charge in [-0.15, -0.1) is 0 Å². The zero-order valence-corrected chi connectivity index (χ0v) is 21.8. The van der Waals surface area contributed by atoms with Crippen LogP contribution in [0.2, 0.25) is 0 Å². The van der Waals surface area contributed by atoms with Crippen molar-refractivity contribution in [1.29, 1.82) is 5.26 Å². The quantitative estimate of drug-likeness (QED) is 0.284. The number of nitriles is 1. The first-order valence-corrected chi connectivity index (χ1v) is 12.6. The second kappa shape index (κ2) is 7.58. The van der Waals surface area contributed by atoms with Crippen LogP contribution in [-0.4, -0.2) is 6.61 Å². The number of fused-ring (bicyclic) bond motifs is 3. The van der Waals surface area contributed by atoms with Crippen molar-refractivity contribution >= 4 is 27.5 Å². The Morgan fingerprint density at radius 3 is 2.36 bits per heavy atom. The van der Waals surface area contributed by atoms with Gasteiger partial charge in [-0.2, -0.15) is 5.26 Å². The summed E-state index contributed by atoms with van der Waals surface area (Å²) >= 11 is 0. The predicted molar refractivity (Wildman–Crippen MR) is 143 cm³/mol. The lowest BCUT2D eigenvalue weighted by Crippen LogP contribution is -2.30. The molecule has 0 saturated carbocycles. The van der Waals surface area contributed by atoms with Gasteiger partial charge in [0, 0.05) is 33.9 Å². The molecule has 0 radical (unpaired) electrons. The standard InChI is InChI=1S/C32H31N2O2/c1-19-10-12-21-22-13-11-20(18-33)27(23-17-24-30(32(23,4)5)35-16-14-31(24,2)3)29(22)36-28(21)26(19)25-9-7-8-15-34(25)6/h7-13,15,17H,14,16H2,1-6H3/q+1. The fraction of sp³-hybridized carbons (Fsp3) is 0.312. The molecule has 4 heteroatoms. The van der Waals surface area contributed by atoms with Crippen molar-refractivity contribution in [3.05, 3.63) is 82.8 Å². The molecule has 0 saturated heterocycles. The van der Waals surface area contributed by atoms with Crippen LogP contribution in [0.4, 0.5) is 0 Å². The fourth-order valence-electron chi connectivity index (χ4n) is 6.00. The summed E-state index contributed by atoms with van der Waals surface area (Å²) in [5.74, 6) is 1.03. The van der Waals surface area contributed by atoms with Gasteiger partial charge in [0.2, 0.25) is 5.69 Å². The van der Waals surface area contributed by atoms with E-state index < -0.39 is 0 Å². The highest BCUT2D eigenvalue weighted by molar-refractivity contribution is 6.13. The van der Waals surface area contributed by atoms with E-state index in [1.165, 1.54) is 5.57 Å². The van der Waals surface area contributed by atoms with E-state index in [0.717, 1.165) is 62.1 Å². The number of rotatable bonds is 2. The van der Waals surface area contributed by atoms with Gasteiger partial charge in [0.1, 0.15) is 24.0 Å². The van der Waals surface area contributed by atoms with Gasteiger partial charge in [0.15, 0.2) is 6.20 Å². The molecule has 1 aliphatic heterocycles. The molecular formula is C32H31N2O2+. The van der Waals surface area contributed by atoms with E-state index >= 15 is 0 Å². The maximum absolute atomic E-state index is 10.2. The van der Waals surface area contributed by atoms with E-state index in [-0.39, 0.29) is 10.8 Å². The highest BCUT2D eigenvalue weighted by Crippen LogP contribution is 2.56. The van der Waals surface area contributed by atoms with Crippen molar-refractivity contribution < 1.29 is 13.7 Å². The molecule has 2 aromatic carbocycles. The SMILES string of the molecule is Cc1ccc2c(oc3c(C4=CC5=C(OCCC5(C)C)C4(C)C)c(C#N)ccc32)c1-c1cccc[n+]1C. The van der Waals surface area contributed by atoms with Crippen LogP contribution in [0.5, 0.6) is 0 Å². The van der Waals surface area contributed by atoms with Crippen LogP contribution in [0.15, 0.2) is 70.5 Å². The summed E-state index contributed by atoms with van der Waals surface area (Å²) in [5.41, 5.74) is 8.44. The molecule has 3 heterocycles. The molecule has 4 nitrogen and oxygen atoms in total. The van der Waals surface area contributed by atoms with E-state index in [9.17, 15) is 5.26 Å². The molecule has 180 valence electrons. The highest BCUT2D eigenvalue weighted by Gasteiger charge is 2.45. The number of pyridine rings is 1. The lowest BCUT2D eigenvalue weighted by Gasteiger charge is -2.35. The van der Waals surface area contributed by atoms with Crippen molar-refractivity contribution in [2.75, 3.05) is 6.61 Å². The van der Waals surface area contributed by atoms with Gasteiger partial charge in [0.05, 0.1) is 23.8 Å². The smallest absolute Gasteiger partial charge is 0.216 e. The van der Waals surface area contributed by atoms with Gasteiger partial charge in [0.25, 0.3) is 0 Å². The average Bonchev–Trinajstić information content (AvgIpc) is 3.34. The maximum Gasteiger partial charge on any atom is 0.216 e. The molecule has 2 aromatic heterocycles. The summed E-state index contributed by atoms with van der Waals surface area (Å²) in [6, 6.07) is 16.9. The monoisotopic (exact) mass is 475 g/mol. The number of furan rings is 1. The van der Waals surface area contributed by atoms with Crippen molar-refractivity contribution in [1.82, 2.24) is 0 Å². The van der Waals surface area contributed by atoms with Crippen LogP contribution in [0.25, 0.3) is 38.8 Å². The second-order valence-corrected chi connectivity index (χ2v) is 11.3. The molecule has 2 aliphatic rings. The average molecular weight is 476 g/mol. The largest absolute Gasteiger partial charge is 0.497 e. The first-order valence-electron chi connectivity index (χ1n) is 12.6. The van der Waals surface area contributed by atoms with E-state index in [1.807, 2.05) is 18.2 Å². The molecule has 36 heavy (non-hydrogen) atoms. The van der Waals surface area contributed by atoms with Crippen molar-refractivity contribution in [2.45, 2.75) is 41.0 Å². The Labute approximate surface area is 212 Å². The van der Waals surface area contributed by atoms with Crippen molar-refractivity contribution in [3.8, 4) is 17.3 Å². The van der Waals surface area contributed by atoms with Gasteiger partial charge in [-0.1, -0.05) is 32.1 Å². The summed E-state index contributed by atoms with van der Waals surface area (Å²) in [6.45, 7) is 11.8. The minimum absolute atomic E-state index is 0.0214. The first-order chi connectivity index (χ1) is 17.1. The summed E-state index contributed by atoms with van der Waals surface area (Å²) < 4.78 is 15.2. The predicted octanol–water partition coefficient (Wildman–Crippen LogP) is 7.38. The molecule has 0 atom stereocenters. The number of hydrogen-bond acceptors (Lipinski definition) is 3. The third-order valence-electron chi connectivity index (χ3n) is 8.20. The Morgan fingerprint density at radius 1 is 0.944 bits per heavy atom. The van der Waals surface area contributed by atoms with E-state index in [1.54, 1.807) is 0 Å². The minimum Gasteiger partial charge on any atom is -0.497 e. The van der Waals surface area contributed by atoms with Crippen LogP contribution in [0.1, 0.15) is 50.8 Å². The number of hydrogen-bond donors (Lipinski definition) is 0. The Hall–Kier alpha value is -3.84. The van der Waals surface area contributed by atoms with Gasteiger partial charge in [-0.05, 0) is 67.5 Å². The third-order valence-corrected chi connectivity index (χ3v) is 8.20. The van der Waals surface area contributed by atoms with Gasteiger partial charge < -0.3 is 9.15 Å². The van der Waals surface area contributed by atoms with Crippen LogP contribution >= 0.6 is 0 Å². The maximum atomic E-state index is 10.2. The summed E-state index contributed by atoms with van der Waals surface area (Å²) in [7, 11) is 2.05. The summed E-state index contributed by atoms with van der Waals surface area (Å²) in [6.07, 6.45) is 5.29. The molecule has 0 amide bonds. The van der Waals surface area contributed by atoms with Crippen LogP contribution in [0, 0.1) is 29.1 Å². The number of aryl methyl sites for hydroxylation is 2. The zero-order chi connectivity index (χ0) is 25.4. The number of ether oxygens (including phenoxy) is 1. The van der Waals surface area contributed by atoms with Crippen LogP contribution < -0.4 is 4.57 Å². The normalized spacial score (nSPS) is 18.2. The Balaban J connectivity index is 1.68. The van der Waals surface area contributed by atoms with Gasteiger partial charge >= 0.3 is 0 Å². The highest BCUT2D eigenvalue weighted by atomic mass is 16.5. The van der Waals surface area contributed by atoms with Crippen molar-refractivity contribution in [3.63, 3.8) is 0 Å².